The number of carbonyl (C=O) groups is 1. The molecular weight excluding hydrogens is 402 g/mol. The smallest absolute Gasteiger partial charge is 0.244 e. The zero-order chi connectivity index (χ0) is 21.0. The van der Waals surface area contributed by atoms with Crippen LogP contribution in [0.1, 0.15) is 31.2 Å². The van der Waals surface area contributed by atoms with Crippen LogP contribution in [0.25, 0.3) is 6.08 Å². The monoisotopic (exact) mass is 427 g/mol. The number of hydrogen-bond acceptors (Lipinski definition) is 6. The van der Waals surface area contributed by atoms with Crippen LogP contribution in [0.2, 0.25) is 0 Å². The zero-order valence-corrected chi connectivity index (χ0v) is 17.4. The quantitative estimate of drug-likeness (QED) is 0.652. The van der Waals surface area contributed by atoms with Crippen molar-refractivity contribution in [3.63, 3.8) is 0 Å². The summed E-state index contributed by atoms with van der Waals surface area (Å²) in [6, 6.07) is 8.38. The van der Waals surface area contributed by atoms with Gasteiger partial charge in [0.25, 0.3) is 0 Å². The van der Waals surface area contributed by atoms with Gasteiger partial charge < -0.3 is 10.2 Å². The first-order valence-electron chi connectivity index (χ1n) is 10.1. The highest BCUT2D eigenvalue weighted by Gasteiger charge is 2.27. The van der Waals surface area contributed by atoms with Crippen molar-refractivity contribution in [1.29, 1.82) is 0 Å². The topological polar surface area (TPSA) is 104 Å². The molecule has 1 saturated heterocycles. The zero-order valence-electron chi connectivity index (χ0n) is 16.6. The summed E-state index contributed by atoms with van der Waals surface area (Å²) < 4.78 is 27.1. The fraction of sp³-hybridized carbons (Fsp3) is 0.381. The predicted molar refractivity (Wildman–Crippen MR) is 114 cm³/mol. The molecule has 0 radical (unpaired) electrons. The normalized spacial score (nSPS) is 19.7. The molecule has 158 valence electrons. The second-order valence-corrected chi connectivity index (χ2v) is 9.35. The molecule has 1 unspecified atom stereocenters. The molecule has 4 rings (SSSR count). The lowest BCUT2D eigenvalue weighted by Gasteiger charge is -2.32. The number of benzene rings is 1. The molecule has 30 heavy (non-hydrogen) atoms. The van der Waals surface area contributed by atoms with E-state index in [2.05, 4.69) is 24.9 Å². The highest BCUT2D eigenvalue weighted by molar-refractivity contribution is 7.89. The SMILES string of the molecule is O=C(/C=C/c1ccc(S(=O)(=O)NC2CC2)cc1)NC1CCCN(c2ncccn2)C1. The predicted octanol–water partition coefficient (Wildman–Crippen LogP) is 1.72. The van der Waals surface area contributed by atoms with Gasteiger partial charge in [0.15, 0.2) is 0 Å². The number of amides is 1. The molecule has 0 spiro atoms. The Balaban J connectivity index is 1.31. The Hall–Kier alpha value is -2.78. The van der Waals surface area contributed by atoms with E-state index >= 15 is 0 Å². The van der Waals surface area contributed by atoms with E-state index in [1.54, 1.807) is 48.8 Å². The van der Waals surface area contributed by atoms with Crippen molar-refractivity contribution >= 4 is 28.0 Å². The number of hydrogen-bond donors (Lipinski definition) is 2. The van der Waals surface area contributed by atoms with Gasteiger partial charge in [0, 0.05) is 43.6 Å². The third-order valence-electron chi connectivity index (χ3n) is 5.12. The molecule has 2 aromatic rings. The number of rotatable bonds is 7. The highest BCUT2D eigenvalue weighted by atomic mass is 32.2. The maximum atomic E-state index is 12.3. The molecule has 1 amide bonds. The van der Waals surface area contributed by atoms with Gasteiger partial charge in [-0.2, -0.15) is 0 Å². The molecule has 1 atom stereocenters. The van der Waals surface area contributed by atoms with Crippen LogP contribution >= 0.6 is 0 Å². The summed E-state index contributed by atoms with van der Waals surface area (Å²) in [4.78, 5) is 23.2. The molecule has 1 aromatic carbocycles. The lowest BCUT2D eigenvalue weighted by atomic mass is 10.1. The van der Waals surface area contributed by atoms with Crippen molar-refractivity contribution in [2.45, 2.75) is 42.7 Å². The van der Waals surface area contributed by atoms with Gasteiger partial charge in [-0.3, -0.25) is 4.79 Å². The van der Waals surface area contributed by atoms with E-state index in [0.29, 0.717) is 12.5 Å². The van der Waals surface area contributed by atoms with Crippen LogP contribution in [0.3, 0.4) is 0 Å². The number of piperidine rings is 1. The Labute approximate surface area is 176 Å². The number of carbonyl (C=O) groups excluding carboxylic acids is 1. The first kappa shape index (κ1) is 20.5. The van der Waals surface area contributed by atoms with Gasteiger partial charge in [0.2, 0.25) is 21.9 Å². The largest absolute Gasteiger partial charge is 0.348 e. The summed E-state index contributed by atoms with van der Waals surface area (Å²) in [7, 11) is -3.46. The van der Waals surface area contributed by atoms with E-state index in [4.69, 9.17) is 0 Å². The summed E-state index contributed by atoms with van der Waals surface area (Å²) in [6.45, 7) is 1.54. The lowest BCUT2D eigenvalue weighted by molar-refractivity contribution is -0.117. The second kappa shape index (κ2) is 8.93. The molecule has 8 nitrogen and oxygen atoms in total. The van der Waals surface area contributed by atoms with Gasteiger partial charge in [-0.05, 0) is 55.5 Å². The van der Waals surface area contributed by atoms with Crippen molar-refractivity contribution in [1.82, 2.24) is 20.0 Å². The van der Waals surface area contributed by atoms with E-state index < -0.39 is 10.0 Å². The maximum Gasteiger partial charge on any atom is 0.244 e. The fourth-order valence-electron chi connectivity index (χ4n) is 3.40. The number of nitrogens with zero attached hydrogens (tertiary/aromatic N) is 3. The Morgan fingerprint density at radius 1 is 1.07 bits per heavy atom. The maximum absolute atomic E-state index is 12.3. The number of sulfonamides is 1. The first-order chi connectivity index (χ1) is 14.5. The van der Waals surface area contributed by atoms with E-state index in [0.717, 1.165) is 37.8 Å². The van der Waals surface area contributed by atoms with E-state index in [1.807, 2.05) is 0 Å². The number of aromatic nitrogens is 2. The standard InChI is InChI=1S/C21H25N5O3S/c27-20(24-18-3-1-14-26(15-18)21-22-12-2-13-23-21)11-6-16-4-9-19(10-5-16)30(28,29)25-17-7-8-17/h2,4-6,9-13,17-18,25H,1,3,7-8,14-15H2,(H,24,27)/b11-6+. The van der Waals surface area contributed by atoms with Gasteiger partial charge in [0.1, 0.15) is 0 Å². The third kappa shape index (κ3) is 5.43. The average molecular weight is 428 g/mol. The highest BCUT2D eigenvalue weighted by Crippen LogP contribution is 2.22. The van der Waals surface area contributed by atoms with Crippen molar-refractivity contribution in [2.24, 2.45) is 0 Å². The molecule has 9 heteroatoms. The molecule has 1 aromatic heterocycles. The molecule has 1 aliphatic heterocycles. The molecule has 2 heterocycles. The molecule has 2 N–H and O–H groups in total. The van der Waals surface area contributed by atoms with Gasteiger partial charge in [0.05, 0.1) is 4.90 Å². The van der Waals surface area contributed by atoms with E-state index in [-0.39, 0.29) is 22.9 Å². The minimum Gasteiger partial charge on any atom is -0.348 e. The summed E-state index contributed by atoms with van der Waals surface area (Å²) in [6.07, 6.45) is 10.2. The Kier molecular flexibility index (Phi) is 6.10. The van der Waals surface area contributed by atoms with Crippen LogP contribution in [0.5, 0.6) is 0 Å². The Morgan fingerprint density at radius 3 is 2.50 bits per heavy atom. The Morgan fingerprint density at radius 2 is 1.80 bits per heavy atom. The second-order valence-electron chi connectivity index (χ2n) is 7.64. The number of nitrogens with one attached hydrogen (secondary N) is 2. The molecule has 1 aliphatic carbocycles. The van der Waals surface area contributed by atoms with Crippen molar-refractivity contribution in [2.75, 3.05) is 18.0 Å². The van der Waals surface area contributed by atoms with Crippen molar-refractivity contribution in [3.8, 4) is 0 Å². The summed E-state index contributed by atoms with van der Waals surface area (Å²) >= 11 is 0. The lowest BCUT2D eigenvalue weighted by Crippen LogP contribution is -2.47. The number of anilines is 1. The van der Waals surface area contributed by atoms with Crippen LogP contribution in [0.15, 0.2) is 53.7 Å². The van der Waals surface area contributed by atoms with Crippen molar-refractivity contribution in [3.05, 3.63) is 54.4 Å². The molecule has 0 bridgehead atoms. The van der Waals surface area contributed by atoms with Gasteiger partial charge in [-0.1, -0.05) is 12.1 Å². The Bertz CT molecular complexity index is 1000. The molecule has 1 saturated carbocycles. The van der Waals surface area contributed by atoms with E-state index in [1.165, 1.54) is 6.08 Å². The summed E-state index contributed by atoms with van der Waals surface area (Å²) in [5.41, 5.74) is 0.762. The van der Waals surface area contributed by atoms with Crippen LogP contribution in [-0.4, -0.2) is 49.5 Å². The first-order valence-corrected chi connectivity index (χ1v) is 11.6. The summed E-state index contributed by atoms with van der Waals surface area (Å²) in [5.74, 6) is 0.501. The molecule has 2 aliphatic rings. The average Bonchev–Trinajstić information content (AvgIpc) is 3.57. The van der Waals surface area contributed by atoms with Gasteiger partial charge in [-0.15, -0.1) is 0 Å². The summed E-state index contributed by atoms with van der Waals surface area (Å²) in [5, 5.41) is 3.02. The fourth-order valence-corrected chi connectivity index (χ4v) is 4.70. The third-order valence-corrected chi connectivity index (χ3v) is 6.66. The van der Waals surface area contributed by atoms with Crippen molar-refractivity contribution < 1.29 is 13.2 Å². The van der Waals surface area contributed by atoms with Gasteiger partial charge >= 0.3 is 0 Å². The molecule has 2 fully saturated rings. The van der Waals surface area contributed by atoms with Crippen LogP contribution in [0, 0.1) is 0 Å². The molecular formula is C21H25N5O3S. The van der Waals surface area contributed by atoms with Crippen LogP contribution < -0.4 is 14.9 Å². The van der Waals surface area contributed by atoms with Crippen LogP contribution in [0.4, 0.5) is 5.95 Å². The van der Waals surface area contributed by atoms with E-state index in [9.17, 15) is 13.2 Å². The minimum absolute atomic E-state index is 0.0284. The minimum atomic E-state index is -3.46. The van der Waals surface area contributed by atoms with Gasteiger partial charge in [-0.25, -0.2) is 23.1 Å². The van der Waals surface area contributed by atoms with Crippen LogP contribution in [-0.2, 0) is 14.8 Å².